The average Bonchev–Trinajstić information content (AvgIpc) is 2.72. The van der Waals surface area contributed by atoms with Crippen LogP contribution in [0.1, 0.15) is 65.7 Å². The molecule has 1 N–H and O–H groups in total. The quantitative estimate of drug-likeness (QED) is 0.765. The van der Waals surface area contributed by atoms with Gasteiger partial charge in [0.1, 0.15) is 0 Å². The number of hydrogen-bond donors (Lipinski definition) is 1. The van der Waals surface area contributed by atoms with Crippen molar-refractivity contribution in [3.63, 3.8) is 0 Å². The predicted molar refractivity (Wildman–Crippen MR) is 90.7 cm³/mol. The van der Waals surface area contributed by atoms with E-state index in [-0.39, 0.29) is 5.91 Å². The maximum absolute atomic E-state index is 12.3. The number of nitrogens with one attached hydrogen (secondary N) is 1. The number of nitrogens with zero attached hydrogens (tertiary/aromatic N) is 1. The van der Waals surface area contributed by atoms with Crippen molar-refractivity contribution in [1.82, 2.24) is 10.2 Å². The monoisotopic (exact) mass is 308 g/mol. The van der Waals surface area contributed by atoms with Gasteiger partial charge in [-0.05, 0) is 33.1 Å². The second-order valence-corrected chi connectivity index (χ2v) is 7.31. The first-order chi connectivity index (χ1) is 10.1. The highest BCUT2D eigenvalue weighted by Gasteiger charge is 2.23. The Morgan fingerprint density at radius 2 is 2.05 bits per heavy atom. The summed E-state index contributed by atoms with van der Waals surface area (Å²) in [5.74, 6) is 0.0772. The van der Waals surface area contributed by atoms with Crippen molar-refractivity contribution in [2.75, 3.05) is 6.54 Å². The third-order valence-corrected chi connectivity index (χ3v) is 5.53. The van der Waals surface area contributed by atoms with Gasteiger partial charge >= 0.3 is 0 Å². The highest BCUT2D eigenvalue weighted by molar-refractivity contribution is 8.06. The Labute approximate surface area is 133 Å². The third-order valence-electron chi connectivity index (χ3n) is 4.38. The molecule has 1 saturated carbocycles. The van der Waals surface area contributed by atoms with Gasteiger partial charge in [-0.25, -0.2) is 0 Å². The average molecular weight is 308 g/mol. The van der Waals surface area contributed by atoms with Crippen LogP contribution in [-0.2, 0) is 4.79 Å². The molecule has 0 aromatic rings. The molecular formula is C17H28N2OS. The molecule has 118 valence electrons. The van der Waals surface area contributed by atoms with Crippen molar-refractivity contribution in [2.24, 2.45) is 0 Å². The van der Waals surface area contributed by atoms with E-state index < -0.39 is 0 Å². The predicted octanol–water partition coefficient (Wildman–Crippen LogP) is 4.38. The lowest BCUT2D eigenvalue weighted by atomic mass is 9.95. The fourth-order valence-corrected chi connectivity index (χ4v) is 4.02. The Bertz CT molecular complexity index is 436. The molecule has 1 heterocycles. The molecule has 3 nitrogen and oxygen atoms in total. The van der Waals surface area contributed by atoms with Crippen molar-refractivity contribution in [2.45, 2.75) is 71.8 Å². The normalized spacial score (nSPS) is 22.2. The van der Waals surface area contributed by atoms with E-state index in [1.807, 2.05) is 0 Å². The number of hydrogen-bond acceptors (Lipinski definition) is 3. The van der Waals surface area contributed by atoms with Crippen LogP contribution >= 0.6 is 11.8 Å². The molecule has 2 rings (SSSR count). The Balaban J connectivity index is 1.96. The van der Waals surface area contributed by atoms with E-state index in [4.69, 9.17) is 0 Å². The van der Waals surface area contributed by atoms with Crippen LogP contribution in [0.15, 0.2) is 21.7 Å². The molecule has 0 radical (unpaired) electrons. The highest BCUT2D eigenvalue weighted by Crippen LogP contribution is 2.40. The second kappa shape index (κ2) is 7.92. The minimum Gasteiger partial charge on any atom is -0.350 e. The van der Waals surface area contributed by atoms with E-state index in [1.165, 1.54) is 36.3 Å². The largest absolute Gasteiger partial charge is 0.350 e. The van der Waals surface area contributed by atoms with Gasteiger partial charge in [0.05, 0.1) is 5.03 Å². The van der Waals surface area contributed by atoms with E-state index >= 15 is 0 Å². The van der Waals surface area contributed by atoms with E-state index in [0.717, 1.165) is 30.8 Å². The SMILES string of the molecule is CCCCN1C(C)=C(C)S/C1=C\C(=O)NC1CCCCC1. The minimum absolute atomic E-state index is 0.0772. The van der Waals surface area contributed by atoms with Crippen LogP contribution in [0, 0.1) is 0 Å². The summed E-state index contributed by atoms with van der Waals surface area (Å²) < 4.78 is 0. The molecule has 0 bridgehead atoms. The van der Waals surface area contributed by atoms with Crippen LogP contribution in [0.4, 0.5) is 0 Å². The van der Waals surface area contributed by atoms with Crippen LogP contribution in [-0.4, -0.2) is 23.4 Å². The minimum atomic E-state index is 0.0772. The van der Waals surface area contributed by atoms with Crippen LogP contribution in [0.2, 0.25) is 0 Å². The van der Waals surface area contributed by atoms with Crippen molar-refractivity contribution in [3.8, 4) is 0 Å². The van der Waals surface area contributed by atoms with Gasteiger partial charge in [0, 0.05) is 29.3 Å². The standard InChI is InChI=1S/C17H28N2OS/c1-4-5-11-19-13(2)14(3)21-17(19)12-16(20)18-15-9-7-6-8-10-15/h12,15H,4-11H2,1-3H3,(H,18,20)/b17-12-. The summed E-state index contributed by atoms with van der Waals surface area (Å²) in [6.07, 6.45) is 10.2. The van der Waals surface area contributed by atoms with Gasteiger partial charge < -0.3 is 10.2 Å². The smallest absolute Gasteiger partial charge is 0.246 e. The van der Waals surface area contributed by atoms with E-state index in [1.54, 1.807) is 17.8 Å². The number of thioether (sulfide) groups is 1. The topological polar surface area (TPSA) is 32.3 Å². The Kier molecular flexibility index (Phi) is 6.22. The summed E-state index contributed by atoms with van der Waals surface area (Å²) >= 11 is 1.73. The number of carbonyl (C=O) groups is 1. The van der Waals surface area contributed by atoms with Crippen LogP contribution in [0.3, 0.4) is 0 Å². The lowest BCUT2D eigenvalue weighted by Gasteiger charge is -2.23. The van der Waals surface area contributed by atoms with Gasteiger partial charge in [-0.2, -0.15) is 0 Å². The Hall–Kier alpha value is -0.900. The molecule has 1 aliphatic carbocycles. The Morgan fingerprint density at radius 1 is 1.33 bits per heavy atom. The van der Waals surface area contributed by atoms with Crippen molar-refractivity contribution >= 4 is 17.7 Å². The van der Waals surface area contributed by atoms with Crippen molar-refractivity contribution in [1.29, 1.82) is 0 Å². The zero-order valence-electron chi connectivity index (χ0n) is 13.6. The molecule has 0 aromatic heterocycles. The molecule has 1 fully saturated rings. The van der Waals surface area contributed by atoms with Gasteiger partial charge in [0.25, 0.3) is 0 Å². The molecule has 1 amide bonds. The molecule has 0 saturated heterocycles. The summed E-state index contributed by atoms with van der Waals surface area (Å²) in [5, 5.41) is 4.27. The van der Waals surface area contributed by atoms with Crippen molar-refractivity contribution < 1.29 is 4.79 Å². The van der Waals surface area contributed by atoms with Crippen LogP contribution in [0.5, 0.6) is 0 Å². The lowest BCUT2D eigenvalue weighted by Crippen LogP contribution is -2.35. The van der Waals surface area contributed by atoms with E-state index in [0.29, 0.717) is 6.04 Å². The highest BCUT2D eigenvalue weighted by atomic mass is 32.2. The van der Waals surface area contributed by atoms with E-state index in [2.05, 4.69) is 31.0 Å². The van der Waals surface area contributed by atoms with Crippen LogP contribution in [0.25, 0.3) is 0 Å². The van der Waals surface area contributed by atoms with Crippen LogP contribution < -0.4 is 5.32 Å². The number of rotatable bonds is 5. The fraction of sp³-hybridized carbons (Fsp3) is 0.706. The molecular weight excluding hydrogens is 280 g/mol. The molecule has 2 aliphatic rings. The number of allylic oxidation sites excluding steroid dienone is 2. The third kappa shape index (κ3) is 4.53. The molecule has 0 aromatic carbocycles. The number of amides is 1. The summed E-state index contributed by atoms with van der Waals surface area (Å²) in [7, 11) is 0. The summed E-state index contributed by atoms with van der Waals surface area (Å²) in [6, 6.07) is 0.383. The van der Waals surface area contributed by atoms with Gasteiger partial charge in [0.2, 0.25) is 5.91 Å². The molecule has 1 aliphatic heterocycles. The first-order valence-electron chi connectivity index (χ1n) is 8.27. The first-order valence-corrected chi connectivity index (χ1v) is 9.08. The summed E-state index contributed by atoms with van der Waals surface area (Å²) in [5.41, 5.74) is 1.30. The number of carbonyl (C=O) groups excluding carboxylic acids is 1. The van der Waals surface area contributed by atoms with Gasteiger partial charge in [-0.1, -0.05) is 44.4 Å². The molecule has 0 unspecified atom stereocenters. The maximum Gasteiger partial charge on any atom is 0.246 e. The first kappa shape index (κ1) is 16.5. The summed E-state index contributed by atoms with van der Waals surface area (Å²) in [6.45, 7) is 7.50. The van der Waals surface area contributed by atoms with E-state index in [9.17, 15) is 4.79 Å². The molecule has 4 heteroatoms. The zero-order chi connectivity index (χ0) is 15.2. The molecule has 0 spiro atoms. The molecule has 0 atom stereocenters. The van der Waals surface area contributed by atoms with Crippen molar-refractivity contribution in [3.05, 3.63) is 21.7 Å². The lowest BCUT2D eigenvalue weighted by molar-refractivity contribution is -0.117. The van der Waals surface area contributed by atoms with Gasteiger partial charge in [0.15, 0.2) is 0 Å². The van der Waals surface area contributed by atoms with Gasteiger partial charge in [-0.3, -0.25) is 4.79 Å². The molecule has 21 heavy (non-hydrogen) atoms. The zero-order valence-corrected chi connectivity index (χ0v) is 14.4. The summed E-state index contributed by atoms with van der Waals surface area (Å²) in [4.78, 5) is 15.9. The van der Waals surface area contributed by atoms with Gasteiger partial charge in [-0.15, -0.1) is 0 Å². The Morgan fingerprint density at radius 3 is 2.71 bits per heavy atom. The maximum atomic E-state index is 12.3. The second-order valence-electron chi connectivity index (χ2n) is 6.07. The fourth-order valence-electron chi connectivity index (χ4n) is 2.94. The number of unbranched alkanes of at least 4 members (excludes halogenated alkanes) is 1.